The van der Waals surface area contributed by atoms with Gasteiger partial charge in [-0.2, -0.15) is 0 Å². The second-order valence-electron chi connectivity index (χ2n) is 4.17. The molecule has 1 N–H and O–H groups in total. The molecule has 0 aliphatic rings. The first-order valence-electron chi connectivity index (χ1n) is 6.46. The number of halogens is 1. The van der Waals surface area contributed by atoms with Crippen LogP contribution in [0.3, 0.4) is 0 Å². The highest BCUT2D eigenvalue weighted by Gasteiger charge is 2.14. The number of rotatable bonds is 6. The van der Waals surface area contributed by atoms with Gasteiger partial charge in [0, 0.05) is 18.1 Å². The van der Waals surface area contributed by atoms with E-state index in [9.17, 15) is 0 Å². The summed E-state index contributed by atoms with van der Waals surface area (Å²) < 4.78 is 0.975. The minimum atomic E-state index is 0.709. The molecule has 19 heavy (non-hydrogen) atoms. The Morgan fingerprint density at radius 3 is 2.74 bits per heavy atom. The van der Waals surface area contributed by atoms with Crippen LogP contribution in [0.25, 0.3) is 10.8 Å². The van der Waals surface area contributed by atoms with Crippen molar-refractivity contribution in [2.24, 2.45) is 0 Å². The van der Waals surface area contributed by atoms with Crippen LogP contribution >= 0.6 is 27.3 Å². The number of hydrogen-bond donors (Lipinski definition) is 1. The van der Waals surface area contributed by atoms with Crippen molar-refractivity contribution in [2.75, 3.05) is 11.9 Å². The lowest BCUT2D eigenvalue weighted by Crippen LogP contribution is -2.07. The van der Waals surface area contributed by atoms with Gasteiger partial charge in [0.25, 0.3) is 0 Å². The molecular weight excluding hydrogens is 324 g/mol. The summed E-state index contributed by atoms with van der Waals surface area (Å²) in [4.78, 5) is 13.5. The first-order chi connectivity index (χ1) is 9.26. The number of nitrogens with one attached hydrogen (secondary N) is 1. The summed E-state index contributed by atoms with van der Waals surface area (Å²) in [5.74, 6) is 1.57. The van der Waals surface area contributed by atoms with Crippen molar-refractivity contribution in [3.8, 4) is 10.8 Å². The van der Waals surface area contributed by atoms with Crippen LogP contribution < -0.4 is 5.32 Å². The van der Waals surface area contributed by atoms with Gasteiger partial charge in [0.05, 0.1) is 10.2 Å². The van der Waals surface area contributed by atoms with Gasteiger partial charge in [-0.05, 0) is 28.8 Å². The lowest BCUT2D eigenvalue weighted by molar-refractivity contribution is 0.864. The Hall–Kier alpha value is -1.01. The van der Waals surface area contributed by atoms with Gasteiger partial charge in [0.1, 0.15) is 5.82 Å². The van der Waals surface area contributed by atoms with Crippen LogP contribution in [-0.2, 0) is 6.42 Å². The minimum absolute atomic E-state index is 0.709. The van der Waals surface area contributed by atoms with Gasteiger partial charge in [-0.1, -0.05) is 20.3 Å². The SMILES string of the molecule is CCCNc1nc(-c2nccs2)nc(CCC)c1Br. The summed E-state index contributed by atoms with van der Waals surface area (Å²) in [6.45, 7) is 5.19. The zero-order chi connectivity index (χ0) is 13.7. The molecule has 0 spiro atoms. The van der Waals surface area contributed by atoms with Gasteiger partial charge in [0.15, 0.2) is 10.8 Å². The Morgan fingerprint density at radius 1 is 1.26 bits per heavy atom. The van der Waals surface area contributed by atoms with Crippen LogP contribution in [0.5, 0.6) is 0 Å². The normalized spacial score (nSPS) is 10.7. The molecule has 0 aliphatic heterocycles. The van der Waals surface area contributed by atoms with Crippen LogP contribution in [0.1, 0.15) is 32.4 Å². The minimum Gasteiger partial charge on any atom is -0.369 e. The summed E-state index contributed by atoms with van der Waals surface area (Å²) in [5.41, 5.74) is 1.04. The third-order valence-electron chi connectivity index (χ3n) is 2.57. The van der Waals surface area contributed by atoms with Gasteiger partial charge in [-0.25, -0.2) is 15.0 Å². The molecule has 0 unspecified atom stereocenters. The van der Waals surface area contributed by atoms with E-state index >= 15 is 0 Å². The molecule has 0 saturated carbocycles. The van der Waals surface area contributed by atoms with Gasteiger partial charge in [-0.3, -0.25) is 0 Å². The Morgan fingerprint density at radius 2 is 2.11 bits per heavy atom. The maximum atomic E-state index is 4.62. The molecule has 2 rings (SSSR count). The predicted molar refractivity (Wildman–Crippen MR) is 83.6 cm³/mol. The largest absolute Gasteiger partial charge is 0.369 e. The first kappa shape index (κ1) is 14.4. The summed E-state index contributed by atoms with van der Waals surface area (Å²) in [6, 6.07) is 0. The topological polar surface area (TPSA) is 50.7 Å². The second-order valence-corrected chi connectivity index (χ2v) is 5.86. The van der Waals surface area contributed by atoms with Crippen molar-refractivity contribution < 1.29 is 0 Å². The van der Waals surface area contributed by atoms with E-state index in [1.807, 2.05) is 5.38 Å². The average molecular weight is 341 g/mol. The fourth-order valence-electron chi connectivity index (χ4n) is 1.69. The smallest absolute Gasteiger partial charge is 0.190 e. The number of aromatic nitrogens is 3. The highest BCUT2D eigenvalue weighted by atomic mass is 79.9. The third-order valence-corrected chi connectivity index (χ3v) is 4.17. The van der Waals surface area contributed by atoms with E-state index in [4.69, 9.17) is 0 Å². The van der Waals surface area contributed by atoms with E-state index in [0.717, 1.165) is 46.8 Å². The van der Waals surface area contributed by atoms with E-state index in [1.165, 1.54) is 0 Å². The van der Waals surface area contributed by atoms with Crippen LogP contribution in [0.4, 0.5) is 5.82 Å². The third kappa shape index (κ3) is 3.51. The van der Waals surface area contributed by atoms with Gasteiger partial charge < -0.3 is 5.32 Å². The highest BCUT2D eigenvalue weighted by molar-refractivity contribution is 9.10. The summed E-state index contributed by atoms with van der Waals surface area (Å²) >= 11 is 5.17. The molecule has 0 amide bonds. The summed E-state index contributed by atoms with van der Waals surface area (Å²) in [7, 11) is 0. The summed E-state index contributed by atoms with van der Waals surface area (Å²) in [6.07, 6.45) is 4.83. The quantitative estimate of drug-likeness (QED) is 0.858. The van der Waals surface area contributed by atoms with Crippen molar-refractivity contribution in [3.05, 3.63) is 21.7 Å². The number of nitrogens with zero attached hydrogens (tertiary/aromatic N) is 3. The number of anilines is 1. The molecule has 0 radical (unpaired) electrons. The maximum absolute atomic E-state index is 4.62. The lowest BCUT2D eigenvalue weighted by atomic mass is 10.2. The lowest BCUT2D eigenvalue weighted by Gasteiger charge is -2.11. The molecule has 2 heterocycles. The molecular formula is C13H17BrN4S. The van der Waals surface area contributed by atoms with Crippen LogP contribution in [0.2, 0.25) is 0 Å². The van der Waals surface area contributed by atoms with Gasteiger partial charge >= 0.3 is 0 Å². The highest BCUT2D eigenvalue weighted by Crippen LogP contribution is 2.28. The maximum Gasteiger partial charge on any atom is 0.190 e. The van der Waals surface area contributed by atoms with Gasteiger partial charge in [-0.15, -0.1) is 11.3 Å². The molecule has 102 valence electrons. The van der Waals surface area contributed by atoms with Crippen molar-refractivity contribution in [1.29, 1.82) is 0 Å². The van der Waals surface area contributed by atoms with E-state index in [-0.39, 0.29) is 0 Å². The van der Waals surface area contributed by atoms with Crippen molar-refractivity contribution >= 4 is 33.1 Å². The Bertz CT molecular complexity index is 528. The fourth-order valence-corrected chi connectivity index (χ4v) is 2.77. The van der Waals surface area contributed by atoms with E-state index in [0.29, 0.717) is 5.82 Å². The number of hydrogen-bond acceptors (Lipinski definition) is 5. The predicted octanol–water partition coefficient (Wildman–Crippen LogP) is 4.14. The van der Waals surface area contributed by atoms with Crippen LogP contribution in [0.15, 0.2) is 16.0 Å². The standard InChI is InChI=1S/C13H17BrN4S/c1-3-5-9-10(14)11(15-6-4-2)18-12(17-9)13-16-7-8-19-13/h7-8H,3-6H2,1-2H3,(H,15,17,18). The van der Waals surface area contributed by atoms with Crippen LogP contribution in [-0.4, -0.2) is 21.5 Å². The zero-order valence-electron chi connectivity index (χ0n) is 11.1. The molecule has 0 atom stereocenters. The Labute approximate surface area is 125 Å². The van der Waals surface area contributed by atoms with E-state index in [2.05, 4.69) is 50.0 Å². The van der Waals surface area contributed by atoms with Gasteiger partial charge in [0.2, 0.25) is 0 Å². The molecule has 0 saturated heterocycles. The molecule has 2 aromatic heterocycles. The average Bonchev–Trinajstić information content (AvgIpc) is 2.94. The van der Waals surface area contributed by atoms with Crippen molar-refractivity contribution in [1.82, 2.24) is 15.0 Å². The van der Waals surface area contributed by atoms with Crippen molar-refractivity contribution in [2.45, 2.75) is 33.1 Å². The first-order valence-corrected chi connectivity index (χ1v) is 8.13. The number of aryl methyl sites for hydroxylation is 1. The molecule has 0 fully saturated rings. The zero-order valence-corrected chi connectivity index (χ0v) is 13.5. The van der Waals surface area contributed by atoms with E-state index in [1.54, 1.807) is 17.5 Å². The molecule has 2 aromatic rings. The monoisotopic (exact) mass is 340 g/mol. The van der Waals surface area contributed by atoms with Crippen LogP contribution in [0, 0.1) is 0 Å². The Balaban J connectivity index is 2.41. The molecule has 0 aliphatic carbocycles. The van der Waals surface area contributed by atoms with Crippen molar-refractivity contribution in [3.63, 3.8) is 0 Å². The molecule has 0 bridgehead atoms. The Kier molecular flexibility index (Phi) is 5.27. The molecule has 0 aromatic carbocycles. The number of thiazole rings is 1. The molecule has 4 nitrogen and oxygen atoms in total. The molecule has 6 heteroatoms. The van der Waals surface area contributed by atoms with E-state index < -0.39 is 0 Å². The summed E-state index contributed by atoms with van der Waals surface area (Å²) in [5, 5.41) is 6.15. The second kappa shape index (κ2) is 6.96. The fraction of sp³-hybridized carbons (Fsp3) is 0.462.